The van der Waals surface area contributed by atoms with Gasteiger partial charge in [0.25, 0.3) is 6.43 Å². The predicted molar refractivity (Wildman–Crippen MR) is 114 cm³/mol. The molecule has 33 heavy (non-hydrogen) atoms. The second-order valence-electron chi connectivity index (χ2n) is 9.15. The Balaban J connectivity index is 1.61. The van der Waals surface area contributed by atoms with Crippen LogP contribution in [0, 0.1) is 17.6 Å². The van der Waals surface area contributed by atoms with E-state index in [0.717, 1.165) is 44.6 Å². The Labute approximate surface area is 188 Å². The molecule has 1 saturated carbocycles. The van der Waals surface area contributed by atoms with Gasteiger partial charge in [0.1, 0.15) is 11.6 Å². The monoisotopic (exact) mass is 470 g/mol. The summed E-state index contributed by atoms with van der Waals surface area (Å²) in [5, 5.41) is 0. The van der Waals surface area contributed by atoms with Crippen LogP contribution >= 0.6 is 0 Å². The van der Waals surface area contributed by atoms with Gasteiger partial charge in [0, 0.05) is 11.1 Å². The summed E-state index contributed by atoms with van der Waals surface area (Å²) in [4.78, 5) is 0. The van der Waals surface area contributed by atoms with Gasteiger partial charge in [0.15, 0.2) is 0 Å². The van der Waals surface area contributed by atoms with Crippen molar-refractivity contribution in [3.05, 3.63) is 69.3 Å². The lowest BCUT2D eigenvalue weighted by molar-refractivity contribution is -0.139. The maximum Gasteiger partial charge on any atom is 0.416 e. The minimum absolute atomic E-state index is 0.0776. The van der Waals surface area contributed by atoms with Crippen molar-refractivity contribution in [2.75, 3.05) is 0 Å². The normalized spacial score (nSPS) is 20.8. The lowest BCUT2D eigenvalue weighted by Crippen LogP contribution is -2.14. The third-order valence-electron chi connectivity index (χ3n) is 6.96. The van der Waals surface area contributed by atoms with Crippen molar-refractivity contribution in [1.82, 2.24) is 0 Å². The highest BCUT2D eigenvalue weighted by Gasteiger charge is 2.37. The van der Waals surface area contributed by atoms with Crippen LogP contribution < -0.4 is 0 Å². The highest BCUT2D eigenvalue weighted by atomic mass is 19.4. The minimum Gasteiger partial charge on any atom is -0.206 e. The highest BCUT2D eigenvalue weighted by molar-refractivity contribution is 5.89. The molecule has 0 aliphatic heterocycles. The Morgan fingerprint density at radius 3 is 2.12 bits per heavy atom. The van der Waals surface area contributed by atoms with Crippen molar-refractivity contribution in [2.24, 2.45) is 5.92 Å². The van der Waals surface area contributed by atoms with Crippen LogP contribution in [0.1, 0.15) is 91.2 Å². The summed E-state index contributed by atoms with van der Waals surface area (Å²) in [6, 6.07) is 4.07. The van der Waals surface area contributed by atoms with Gasteiger partial charge in [0.05, 0.1) is 5.56 Å². The van der Waals surface area contributed by atoms with E-state index in [0.29, 0.717) is 17.5 Å². The summed E-state index contributed by atoms with van der Waals surface area (Å²) < 4.78 is 96.2. The van der Waals surface area contributed by atoms with Gasteiger partial charge in [-0.25, -0.2) is 17.6 Å². The molecule has 0 saturated heterocycles. The summed E-state index contributed by atoms with van der Waals surface area (Å²) in [5.41, 5.74) is -1.85. The molecule has 0 spiro atoms. The molecular weight excluding hydrogens is 445 g/mol. The maximum absolute atomic E-state index is 15.0. The van der Waals surface area contributed by atoms with Crippen molar-refractivity contribution in [3.8, 4) is 0 Å². The zero-order valence-corrected chi connectivity index (χ0v) is 18.2. The average molecular weight is 470 g/mol. The average Bonchev–Trinajstić information content (AvgIpc) is 3.15. The van der Waals surface area contributed by atoms with E-state index < -0.39 is 35.4 Å². The third kappa shape index (κ3) is 4.82. The first kappa shape index (κ1) is 23.8. The summed E-state index contributed by atoms with van der Waals surface area (Å²) in [6.07, 6.45) is -1.05. The molecule has 178 valence electrons. The van der Waals surface area contributed by atoms with E-state index in [-0.39, 0.29) is 34.6 Å². The molecule has 2 aromatic rings. The fraction of sp³-hybridized carbons (Fsp3) is 0.462. The smallest absolute Gasteiger partial charge is 0.206 e. The van der Waals surface area contributed by atoms with Gasteiger partial charge in [0.2, 0.25) is 0 Å². The van der Waals surface area contributed by atoms with Gasteiger partial charge in [-0.1, -0.05) is 25.8 Å². The van der Waals surface area contributed by atoms with Crippen molar-refractivity contribution in [2.45, 2.75) is 70.4 Å². The largest absolute Gasteiger partial charge is 0.416 e. The van der Waals surface area contributed by atoms with Crippen LogP contribution in [0.3, 0.4) is 0 Å². The van der Waals surface area contributed by atoms with Gasteiger partial charge in [-0.2, -0.15) is 13.2 Å². The molecule has 2 aromatic carbocycles. The van der Waals surface area contributed by atoms with E-state index in [2.05, 4.69) is 6.92 Å². The Morgan fingerprint density at radius 2 is 1.58 bits per heavy atom. The van der Waals surface area contributed by atoms with Crippen molar-refractivity contribution < 1.29 is 30.7 Å². The van der Waals surface area contributed by atoms with E-state index >= 15 is 8.78 Å². The molecular formula is C26H25F7. The highest BCUT2D eigenvalue weighted by Crippen LogP contribution is 2.43. The lowest BCUT2D eigenvalue weighted by Gasteiger charge is -2.29. The standard InChI is InChI=1S/C26H25F7/c1-2-3-14-4-6-15(7-5-14)18-12-22(27)24(23(28)13-18)19-8-16-10-20(25(29)30)21(26(31,32)33)11-17(16)9-19/h8,10-15,25H,2-7,9H2,1H3. The Bertz CT molecular complexity index is 1030. The molecule has 0 nitrogen and oxygen atoms in total. The van der Waals surface area contributed by atoms with Crippen molar-refractivity contribution in [3.63, 3.8) is 0 Å². The summed E-state index contributed by atoms with van der Waals surface area (Å²) >= 11 is 0. The SMILES string of the molecule is CCCC1CCC(c2cc(F)c(C3=Cc4cc(C(F)F)c(C(F)(F)F)cc4C3)c(F)c2)CC1. The van der Waals surface area contributed by atoms with Gasteiger partial charge in [-0.3, -0.25) is 0 Å². The number of allylic oxidation sites excluding steroid dienone is 1. The van der Waals surface area contributed by atoms with Crippen LogP contribution in [0.25, 0.3) is 11.6 Å². The zero-order valence-electron chi connectivity index (χ0n) is 18.2. The Hall–Kier alpha value is -2.31. The molecule has 2 aliphatic rings. The Morgan fingerprint density at radius 1 is 0.939 bits per heavy atom. The second-order valence-corrected chi connectivity index (χ2v) is 9.15. The van der Waals surface area contributed by atoms with Crippen LogP contribution in [-0.4, -0.2) is 0 Å². The molecule has 0 aromatic heterocycles. The number of halogens is 7. The van der Waals surface area contributed by atoms with Gasteiger partial charge in [-0.15, -0.1) is 0 Å². The first-order valence-corrected chi connectivity index (χ1v) is 11.3. The Kier molecular flexibility index (Phi) is 6.61. The van der Waals surface area contributed by atoms with E-state index in [1.54, 1.807) is 0 Å². The number of rotatable bonds is 5. The molecule has 7 heteroatoms. The van der Waals surface area contributed by atoms with Gasteiger partial charge < -0.3 is 0 Å². The number of hydrogen-bond acceptors (Lipinski definition) is 0. The molecule has 2 aliphatic carbocycles. The van der Waals surface area contributed by atoms with E-state index in [1.807, 2.05) is 0 Å². The van der Waals surface area contributed by atoms with Crippen molar-refractivity contribution in [1.29, 1.82) is 0 Å². The molecule has 0 amide bonds. The molecule has 0 unspecified atom stereocenters. The number of fused-ring (bicyclic) bond motifs is 1. The molecule has 4 rings (SSSR count). The number of benzene rings is 2. The first-order chi connectivity index (χ1) is 15.6. The van der Waals surface area contributed by atoms with Crippen LogP contribution in [0.2, 0.25) is 0 Å². The first-order valence-electron chi connectivity index (χ1n) is 11.3. The molecule has 0 bridgehead atoms. The van der Waals surface area contributed by atoms with Crippen LogP contribution in [0.5, 0.6) is 0 Å². The summed E-state index contributed by atoms with van der Waals surface area (Å²) in [5.74, 6) is -0.814. The zero-order chi connectivity index (χ0) is 23.9. The molecule has 0 atom stereocenters. The molecule has 0 heterocycles. The molecule has 1 fully saturated rings. The summed E-state index contributed by atoms with van der Waals surface area (Å²) in [6.45, 7) is 2.14. The minimum atomic E-state index is -4.95. The molecule has 0 radical (unpaired) electrons. The fourth-order valence-corrected chi connectivity index (χ4v) is 5.32. The topological polar surface area (TPSA) is 0 Å². The number of hydrogen-bond donors (Lipinski definition) is 0. The van der Waals surface area contributed by atoms with E-state index in [1.165, 1.54) is 18.2 Å². The van der Waals surface area contributed by atoms with Crippen LogP contribution in [0.15, 0.2) is 24.3 Å². The van der Waals surface area contributed by atoms with Crippen molar-refractivity contribution >= 4 is 11.6 Å². The van der Waals surface area contributed by atoms with Gasteiger partial charge >= 0.3 is 6.18 Å². The lowest BCUT2D eigenvalue weighted by atomic mass is 9.77. The quantitative estimate of drug-likeness (QED) is 0.382. The number of alkyl halides is 5. The maximum atomic E-state index is 15.0. The predicted octanol–water partition coefficient (Wildman–Crippen LogP) is 9.09. The van der Waals surface area contributed by atoms with Crippen LogP contribution in [0.4, 0.5) is 30.7 Å². The summed E-state index contributed by atoms with van der Waals surface area (Å²) in [7, 11) is 0. The van der Waals surface area contributed by atoms with E-state index in [9.17, 15) is 22.0 Å². The fourth-order valence-electron chi connectivity index (χ4n) is 5.32. The third-order valence-corrected chi connectivity index (χ3v) is 6.96. The molecule has 0 N–H and O–H groups in total. The second kappa shape index (κ2) is 9.15. The van der Waals surface area contributed by atoms with Gasteiger partial charge in [-0.05, 0) is 90.5 Å². The van der Waals surface area contributed by atoms with E-state index in [4.69, 9.17) is 0 Å². The van der Waals surface area contributed by atoms with Crippen LogP contribution in [-0.2, 0) is 12.6 Å².